The molecule has 2 rings (SSSR count). The first-order valence-electron chi connectivity index (χ1n) is 7.10. The van der Waals surface area contributed by atoms with Gasteiger partial charge < -0.3 is 9.47 Å². The van der Waals surface area contributed by atoms with E-state index in [9.17, 15) is 4.79 Å². The minimum atomic E-state index is 0.225. The van der Waals surface area contributed by atoms with Gasteiger partial charge in [0.2, 0.25) is 0 Å². The summed E-state index contributed by atoms with van der Waals surface area (Å²) in [4.78, 5) is 12.1. The molecule has 1 aliphatic rings. The molecule has 1 aromatic rings. The van der Waals surface area contributed by atoms with Crippen molar-refractivity contribution in [3.8, 4) is 5.75 Å². The van der Waals surface area contributed by atoms with Crippen LogP contribution in [0.2, 0.25) is 0 Å². The van der Waals surface area contributed by atoms with Gasteiger partial charge in [0.05, 0.1) is 12.7 Å². The third kappa shape index (κ3) is 3.80. The Bertz CT molecular complexity index is 405. The predicted octanol–water partition coefficient (Wildman–Crippen LogP) is 3.47. The van der Waals surface area contributed by atoms with Crippen molar-refractivity contribution in [1.29, 1.82) is 0 Å². The van der Waals surface area contributed by atoms with Crippen LogP contribution in [0.3, 0.4) is 0 Å². The number of ketones is 1. The van der Waals surface area contributed by atoms with Crippen LogP contribution in [0.15, 0.2) is 24.3 Å². The maximum absolute atomic E-state index is 12.1. The Morgan fingerprint density at radius 2 is 1.84 bits per heavy atom. The number of ether oxygens (including phenoxy) is 2. The van der Waals surface area contributed by atoms with Crippen molar-refractivity contribution in [3.05, 3.63) is 29.8 Å². The van der Waals surface area contributed by atoms with Crippen LogP contribution in [-0.2, 0) is 4.74 Å². The average molecular weight is 262 g/mol. The smallest absolute Gasteiger partial charge is 0.163 e. The lowest BCUT2D eigenvalue weighted by Gasteiger charge is -2.34. The van der Waals surface area contributed by atoms with Crippen molar-refractivity contribution >= 4 is 5.78 Å². The maximum Gasteiger partial charge on any atom is 0.163 e. The van der Waals surface area contributed by atoms with E-state index in [4.69, 9.17) is 9.47 Å². The van der Waals surface area contributed by atoms with Gasteiger partial charge in [-0.05, 0) is 56.9 Å². The monoisotopic (exact) mass is 262 g/mol. The topological polar surface area (TPSA) is 35.5 Å². The Morgan fingerprint density at radius 1 is 1.16 bits per heavy atom. The van der Waals surface area contributed by atoms with E-state index < -0.39 is 0 Å². The van der Waals surface area contributed by atoms with E-state index >= 15 is 0 Å². The Balaban J connectivity index is 1.80. The quantitative estimate of drug-likeness (QED) is 0.706. The molecule has 104 valence electrons. The van der Waals surface area contributed by atoms with E-state index in [1.165, 1.54) is 0 Å². The Hall–Kier alpha value is -1.35. The Kier molecular flexibility index (Phi) is 4.97. The molecule has 0 saturated heterocycles. The number of carbonyl (C=O) groups is 1. The highest BCUT2D eigenvalue weighted by Crippen LogP contribution is 2.33. The highest BCUT2D eigenvalue weighted by Gasteiger charge is 2.31. The zero-order chi connectivity index (χ0) is 13.7. The molecule has 1 fully saturated rings. The number of hydrogen-bond acceptors (Lipinski definition) is 3. The number of hydrogen-bond donors (Lipinski definition) is 0. The molecule has 0 heterocycles. The van der Waals surface area contributed by atoms with Crippen molar-refractivity contribution in [2.24, 2.45) is 5.92 Å². The molecular formula is C16H22O3. The standard InChI is InChI=1S/C16H22O3/c1-3-18-14-7-5-13(6-8-14)16(17)11-12-9-15(10-12)19-4-2/h5-8,12,15H,3-4,9-11H2,1-2H3. The van der Waals surface area contributed by atoms with E-state index in [1.54, 1.807) is 0 Å². The first-order valence-corrected chi connectivity index (χ1v) is 7.10. The van der Waals surface area contributed by atoms with Crippen molar-refractivity contribution in [1.82, 2.24) is 0 Å². The average Bonchev–Trinajstić information content (AvgIpc) is 2.37. The number of carbonyl (C=O) groups excluding carboxylic acids is 1. The van der Waals surface area contributed by atoms with Crippen LogP contribution in [0.5, 0.6) is 5.75 Å². The van der Waals surface area contributed by atoms with Crippen LogP contribution in [0, 0.1) is 5.92 Å². The third-order valence-corrected chi connectivity index (χ3v) is 3.56. The van der Waals surface area contributed by atoms with Gasteiger partial charge in [-0.1, -0.05) is 0 Å². The second-order valence-corrected chi connectivity index (χ2v) is 5.00. The van der Waals surface area contributed by atoms with E-state index in [0.717, 1.165) is 30.8 Å². The zero-order valence-electron chi connectivity index (χ0n) is 11.7. The molecule has 1 aliphatic carbocycles. The van der Waals surface area contributed by atoms with Crippen molar-refractivity contribution in [2.45, 2.75) is 39.2 Å². The van der Waals surface area contributed by atoms with Crippen LogP contribution in [0.4, 0.5) is 0 Å². The molecule has 3 nitrogen and oxygen atoms in total. The van der Waals surface area contributed by atoms with Crippen LogP contribution < -0.4 is 4.74 Å². The molecule has 0 aliphatic heterocycles. The molecular weight excluding hydrogens is 240 g/mol. The molecule has 0 atom stereocenters. The summed E-state index contributed by atoms with van der Waals surface area (Å²) in [7, 11) is 0. The van der Waals surface area contributed by atoms with Crippen molar-refractivity contribution in [2.75, 3.05) is 13.2 Å². The normalized spacial score (nSPS) is 21.8. The SMILES string of the molecule is CCOc1ccc(C(=O)CC2CC(OCC)C2)cc1. The highest BCUT2D eigenvalue weighted by molar-refractivity contribution is 5.96. The molecule has 3 heteroatoms. The molecule has 19 heavy (non-hydrogen) atoms. The fraction of sp³-hybridized carbons (Fsp3) is 0.562. The fourth-order valence-electron chi connectivity index (χ4n) is 2.50. The predicted molar refractivity (Wildman–Crippen MR) is 74.7 cm³/mol. The molecule has 0 N–H and O–H groups in total. The summed E-state index contributed by atoms with van der Waals surface area (Å²) in [6, 6.07) is 7.43. The van der Waals surface area contributed by atoms with Crippen molar-refractivity contribution < 1.29 is 14.3 Å². The van der Waals surface area contributed by atoms with Gasteiger partial charge in [0.15, 0.2) is 5.78 Å². The van der Waals surface area contributed by atoms with Gasteiger partial charge in [-0.15, -0.1) is 0 Å². The van der Waals surface area contributed by atoms with Crippen molar-refractivity contribution in [3.63, 3.8) is 0 Å². The van der Waals surface area contributed by atoms with E-state index in [-0.39, 0.29) is 5.78 Å². The molecule has 0 radical (unpaired) electrons. The summed E-state index contributed by atoms with van der Waals surface area (Å²) in [5.74, 6) is 1.54. The van der Waals surface area contributed by atoms with Gasteiger partial charge in [0.25, 0.3) is 0 Å². The molecule has 0 aromatic heterocycles. The van der Waals surface area contributed by atoms with Gasteiger partial charge >= 0.3 is 0 Å². The molecule has 0 bridgehead atoms. The van der Waals surface area contributed by atoms with E-state index in [0.29, 0.717) is 25.0 Å². The summed E-state index contributed by atoms with van der Waals surface area (Å²) in [6.45, 7) is 5.38. The van der Waals surface area contributed by atoms with Gasteiger partial charge in [-0.2, -0.15) is 0 Å². The lowest BCUT2D eigenvalue weighted by molar-refractivity contribution is -0.0246. The maximum atomic E-state index is 12.1. The largest absolute Gasteiger partial charge is 0.494 e. The summed E-state index contributed by atoms with van der Waals surface area (Å²) in [6.07, 6.45) is 3.06. The van der Waals surface area contributed by atoms with E-state index in [2.05, 4.69) is 0 Å². The van der Waals surface area contributed by atoms with Gasteiger partial charge in [-0.3, -0.25) is 4.79 Å². The first kappa shape index (κ1) is 14.1. The van der Waals surface area contributed by atoms with E-state index in [1.807, 2.05) is 38.1 Å². The zero-order valence-corrected chi connectivity index (χ0v) is 11.7. The Labute approximate surface area is 114 Å². The molecule has 0 spiro atoms. The minimum Gasteiger partial charge on any atom is -0.494 e. The first-order chi connectivity index (χ1) is 9.22. The molecule has 0 amide bonds. The second-order valence-electron chi connectivity index (χ2n) is 5.00. The van der Waals surface area contributed by atoms with Crippen LogP contribution in [0.1, 0.15) is 43.5 Å². The van der Waals surface area contributed by atoms with Gasteiger partial charge in [0, 0.05) is 18.6 Å². The van der Waals surface area contributed by atoms with Crippen LogP contribution in [-0.4, -0.2) is 25.1 Å². The Morgan fingerprint density at radius 3 is 2.42 bits per heavy atom. The minimum absolute atomic E-state index is 0.225. The third-order valence-electron chi connectivity index (χ3n) is 3.56. The summed E-state index contributed by atoms with van der Waals surface area (Å²) >= 11 is 0. The van der Waals surface area contributed by atoms with Gasteiger partial charge in [-0.25, -0.2) is 0 Å². The lowest BCUT2D eigenvalue weighted by atomic mass is 9.78. The van der Waals surface area contributed by atoms with Crippen LogP contribution in [0.25, 0.3) is 0 Å². The highest BCUT2D eigenvalue weighted by atomic mass is 16.5. The summed E-state index contributed by atoms with van der Waals surface area (Å²) in [5, 5.41) is 0. The second kappa shape index (κ2) is 6.71. The lowest BCUT2D eigenvalue weighted by Crippen LogP contribution is -2.32. The number of Topliss-reactive ketones (excluding diaryl/α,β-unsaturated/α-hetero) is 1. The fourth-order valence-corrected chi connectivity index (χ4v) is 2.50. The molecule has 1 aromatic carbocycles. The summed E-state index contributed by atoms with van der Waals surface area (Å²) in [5.41, 5.74) is 0.781. The number of rotatable bonds is 7. The van der Waals surface area contributed by atoms with Crippen LogP contribution >= 0.6 is 0 Å². The summed E-state index contributed by atoms with van der Waals surface area (Å²) < 4.78 is 10.9. The molecule has 0 unspecified atom stereocenters. The number of benzene rings is 1. The van der Waals surface area contributed by atoms with Gasteiger partial charge in [0.1, 0.15) is 5.75 Å². The molecule has 1 saturated carbocycles.